The molecule has 3 aromatic rings. The molecule has 1 atom stereocenters. The molecule has 0 N–H and O–H groups in total. The van der Waals surface area contributed by atoms with Crippen LogP contribution in [0.15, 0.2) is 60.7 Å². The lowest BCUT2D eigenvalue weighted by Crippen LogP contribution is -2.41. The first-order valence-electron chi connectivity index (χ1n) is 11.2. The molecule has 6 nitrogen and oxygen atoms in total. The second-order valence-electron chi connectivity index (χ2n) is 8.21. The van der Waals surface area contributed by atoms with Gasteiger partial charge in [0.2, 0.25) is 5.91 Å². The second-order valence-corrected chi connectivity index (χ2v) is 8.21. The van der Waals surface area contributed by atoms with Gasteiger partial charge in [-0.3, -0.25) is 4.79 Å². The monoisotopic (exact) mass is 445 g/mol. The van der Waals surface area contributed by atoms with Gasteiger partial charge < -0.3 is 23.8 Å². The number of carbonyl (C=O) groups is 1. The third kappa shape index (κ3) is 4.09. The summed E-state index contributed by atoms with van der Waals surface area (Å²) in [6, 6.07) is 19.7. The van der Waals surface area contributed by atoms with E-state index in [0.29, 0.717) is 43.4 Å². The number of rotatable bonds is 5. The van der Waals surface area contributed by atoms with Crippen molar-refractivity contribution < 1.29 is 23.7 Å². The van der Waals surface area contributed by atoms with Gasteiger partial charge in [0.15, 0.2) is 23.0 Å². The first-order chi connectivity index (χ1) is 16.2. The highest BCUT2D eigenvalue weighted by Crippen LogP contribution is 2.41. The van der Waals surface area contributed by atoms with E-state index in [1.807, 2.05) is 53.4 Å². The number of fused-ring (bicyclic) bond motifs is 2. The van der Waals surface area contributed by atoms with Crippen molar-refractivity contribution in [2.24, 2.45) is 0 Å². The Morgan fingerprint density at radius 1 is 0.939 bits per heavy atom. The van der Waals surface area contributed by atoms with Crippen LogP contribution in [0.1, 0.15) is 28.3 Å². The van der Waals surface area contributed by atoms with Crippen molar-refractivity contribution in [3.8, 4) is 23.0 Å². The van der Waals surface area contributed by atoms with E-state index in [0.717, 1.165) is 28.9 Å². The Morgan fingerprint density at radius 3 is 2.42 bits per heavy atom. The fourth-order valence-electron chi connectivity index (χ4n) is 4.68. The number of hydrogen-bond acceptors (Lipinski definition) is 5. The minimum atomic E-state index is -0.195. The Balaban J connectivity index is 1.49. The van der Waals surface area contributed by atoms with E-state index in [9.17, 15) is 4.79 Å². The Kier molecular flexibility index (Phi) is 5.82. The molecular weight excluding hydrogens is 418 g/mol. The van der Waals surface area contributed by atoms with E-state index in [-0.39, 0.29) is 11.9 Å². The van der Waals surface area contributed by atoms with Crippen LogP contribution in [0.5, 0.6) is 23.0 Å². The highest BCUT2D eigenvalue weighted by molar-refractivity contribution is 5.80. The number of methoxy groups -OCH3 is 2. The molecule has 0 spiro atoms. The molecule has 0 bridgehead atoms. The molecule has 33 heavy (non-hydrogen) atoms. The summed E-state index contributed by atoms with van der Waals surface area (Å²) >= 11 is 0. The number of nitrogens with zero attached hydrogens (tertiary/aromatic N) is 1. The maximum absolute atomic E-state index is 13.6. The van der Waals surface area contributed by atoms with E-state index < -0.39 is 0 Å². The molecule has 0 fully saturated rings. The molecule has 2 heterocycles. The van der Waals surface area contributed by atoms with Gasteiger partial charge in [0.1, 0.15) is 13.2 Å². The molecule has 3 aromatic carbocycles. The third-order valence-electron chi connectivity index (χ3n) is 6.27. The van der Waals surface area contributed by atoms with Gasteiger partial charge in [-0.1, -0.05) is 36.4 Å². The Morgan fingerprint density at radius 2 is 1.67 bits per heavy atom. The number of benzene rings is 3. The van der Waals surface area contributed by atoms with Gasteiger partial charge in [0, 0.05) is 6.54 Å². The molecule has 2 aliphatic heterocycles. The van der Waals surface area contributed by atoms with Crippen molar-refractivity contribution in [1.82, 2.24) is 4.90 Å². The molecule has 0 unspecified atom stereocenters. The zero-order valence-electron chi connectivity index (χ0n) is 18.9. The first-order valence-corrected chi connectivity index (χ1v) is 11.2. The standard InChI is InChI=1S/C27H27NO5/c1-30-23-16-20-10-11-28(26(29)15-18-8-9-22-25(14-18)33-13-12-32-22)27(19-6-4-3-5-7-19)21(20)17-24(23)31-2/h3-9,14,16-17,27H,10-13,15H2,1-2H3/t27-/m1/s1. The van der Waals surface area contributed by atoms with Crippen LogP contribution in [0.2, 0.25) is 0 Å². The third-order valence-corrected chi connectivity index (χ3v) is 6.27. The van der Waals surface area contributed by atoms with Crippen molar-refractivity contribution in [2.75, 3.05) is 34.0 Å². The zero-order chi connectivity index (χ0) is 22.8. The van der Waals surface area contributed by atoms with Crippen LogP contribution < -0.4 is 18.9 Å². The molecular formula is C27H27NO5. The van der Waals surface area contributed by atoms with Crippen LogP contribution in [0.25, 0.3) is 0 Å². The average molecular weight is 446 g/mol. The predicted molar refractivity (Wildman–Crippen MR) is 124 cm³/mol. The number of amides is 1. The predicted octanol–water partition coefficient (Wildman–Crippen LogP) is 4.19. The molecule has 0 aliphatic carbocycles. The summed E-state index contributed by atoms with van der Waals surface area (Å²) in [7, 11) is 3.28. The van der Waals surface area contributed by atoms with E-state index in [1.54, 1.807) is 14.2 Å². The fraction of sp³-hybridized carbons (Fsp3) is 0.296. The average Bonchev–Trinajstić information content (AvgIpc) is 2.87. The summed E-state index contributed by atoms with van der Waals surface area (Å²) in [6.45, 7) is 1.70. The van der Waals surface area contributed by atoms with Gasteiger partial charge >= 0.3 is 0 Å². The maximum Gasteiger partial charge on any atom is 0.227 e. The lowest BCUT2D eigenvalue weighted by atomic mass is 9.87. The SMILES string of the molecule is COc1cc2c(cc1OC)[C@@H](c1ccccc1)N(C(=O)Cc1ccc3c(c1)OCCO3)CC2. The molecule has 0 radical (unpaired) electrons. The quantitative estimate of drug-likeness (QED) is 0.589. The summed E-state index contributed by atoms with van der Waals surface area (Å²) in [5.41, 5.74) is 4.22. The number of ether oxygens (including phenoxy) is 4. The molecule has 0 saturated carbocycles. The van der Waals surface area contributed by atoms with E-state index in [1.165, 1.54) is 5.56 Å². The minimum Gasteiger partial charge on any atom is -0.493 e. The van der Waals surface area contributed by atoms with Crippen LogP contribution in [-0.2, 0) is 17.6 Å². The topological polar surface area (TPSA) is 57.2 Å². The first kappa shape index (κ1) is 21.2. The van der Waals surface area contributed by atoms with Crippen LogP contribution in [0.4, 0.5) is 0 Å². The van der Waals surface area contributed by atoms with Crippen molar-refractivity contribution in [1.29, 1.82) is 0 Å². The minimum absolute atomic E-state index is 0.0703. The van der Waals surface area contributed by atoms with Crippen molar-refractivity contribution in [3.63, 3.8) is 0 Å². The largest absolute Gasteiger partial charge is 0.493 e. The summed E-state index contributed by atoms with van der Waals surface area (Å²) in [5.74, 6) is 2.87. The number of carbonyl (C=O) groups excluding carboxylic acids is 1. The molecule has 6 heteroatoms. The number of hydrogen-bond donors (Lipinski definition) is 0. The van der Waals surface area contributed by atoms with Crippen molar-refractivity contribution >= 4 is 5.91 Å². The highest BCUT2D eigenvalue weighted by Gasteiger charge is 2.33. The van der Waals surface area contributed by atoms with Gasteiger partial charge in [0.05, 0.1) is 26.7 Å². The maximum atomic E-state index is 13.6. The van der Waals surface area contributed by atoms with Crippen LogP contribution in [0.3, 0.4) is 0 Å². The Hall–Kier alpha value is -3.67. The molecule has 0 aromatic heterocycles. The summed E-state index contributed by atoms with van der Waals surface area (Å²) in [6.07, 6.45) is 1.05. The van der Waals surface area contributed by atoms with Crippen molar-refractivity contribution in [2.45, 2.75) is 18.9 Å². The van der Waals surface area contributed by atoms with Crippen LogP contribution in [0, 0.1) is 0 Å². The fourth-order valence-corrected chi connectivity index (χ4v) is 4.68. The molecule has 170 valence electrons. The van der Waals surface area contributed by atoms with E-state index in [2.05, 4.69) is 12.1 Å². The van der Waals surface area contributed by atoms with Crippen molar-refractivity contribution in [3.05, 3.63) is 82.9 Å². The van der Waals surface area contributed by atoms with Gasteiger partial charge in [-0.25, -0.2) is 0 Å². The van der Waals surface area contributed by atoms with Gasteiger partial charge in [-0.2, -0.15) is 0 Å². The lowest BCUT2D eigenvalue weighted by Gasteiger charge is -2.38. The second kappa shape index (κ2) is 9.06. The van der Waals surface area contributed by atoms with Gasteiger partial charge in [-0.05, 0) is 52.9 Å². The van der Waals surface area contributed by atoms with E-state index in [4.69, 9.17) is 18.9 Å². The Bertz CT molecular complexity index is 1160. The summed E-state index contributed by atoms with van der Waals surface area (Å²) in [5, 5.41) is 0. The Labute approximate surface area is 193 Å². The molecule has 1 amide bonds. The summed E-state index contributed by atoms with van der Waals surface area (Å²) < 4.78 is 22.4. The lowest BCUT2D eigenvalue weighted by molar-refractivity contribution is -0.132. The zero-order valence-corrected chi connectivity index (χ0v) is 18.9. The van der Waals surface area contributed by atoms with Gasteiger partial charge in [0.25, 0.3) is 0 Å². The molecule has 0 saturated heterocycles. The van der Waals surface area contributed by atoms with Crippen LogP contribution in [-0.4, -0.2) is 44.8 Å². The highest BCUT2D eigenvalue weighted by atomic mass is 16.6. The normalized spacial score (nSPS) is 16.7. The van der Waals surface area contributed by atoms with E-state index >= 15 is 0 Å². The summed E-state index contributed by atoms with van der Waals surface area (Å²) in [4.78, 5) is 15.6. The van der Waals surface area contributed by atoms with Gasteiger partial charge in [-0.15, -0.1) is 0 Å². The van der Waals surface area contributed by atoms with Crippen LogP contribution >= 0.6 is 0 Å². The molecule has 2 aliphatic rings. The smallest absolute Gasteiger partial charge is 0.227 e. The molecule has 5 rings (SSSR count).